The summed E-state index contributed by atoms with van der Waals surface area (Å²) in [6.45, 7) is 3.37. The van der Waals surface area contributed by atoms with Crippen LogP contribution in [0.4, 0.5) is 5.69 Å². The number of carbonyl (C=O) groups excluding carboxylic acids is 1. The first kappa shape index (κ1) is 14.0. The average molecular weight is 329 g/mol. The number of carbonyl (C=O) groups is 1. The first-order chi connectivity index (χ1) is 8.99. The third kappa shape index (κ3) is 3.10. The molecule has 1 aliphatic rings. The summed E-state index contributed by atoms with van der Waals surface area (Å²) in [6, 6.07) is 4.19. The summed E-state index contributed by atoms with van der Waals surface area (Å²) < 4.78 is 5.93. The Kier molecular flexibility index (Phi) is 4.16. The van der Waals surface area contributed by atoms with Crippen molar-refractivity contribution in [3.8, 4) is 0 Å². The van der Waals surface area contributed by atoms with Crippen LogP contribution in [0.15, 0.2) is 22.7 Å². The molecule has 1 saturated heterocycles. The molecular formula is C12H13BrN2O4. The van der Waals surface area contributed by atoms with Crippen molar-refractivity contribution in [2.45, 2.75) is 13.0 Å². The summed E-state index contributed by atoms with van der Waals surface area (Å²) in [6.07, 6.45) is -0.0184. The monoisotopic (exact) mass is 328 g/mol. The molecule has 1 atom stereocenters. The van der Waals surface area contributed by atoms with Gasteiger partial charge in [0, 0.05) is 29.7 Å². The first-order valence-electron chi connectivity index (χ1n) is 5.84. The number of amides is 1. The zero-order valence-corrected chi connectivity index (χ0v) is 11.9. The number of nitro groups is 1. The second-order valence-electron chi connectivity index (χ2n) is 4.35. The van der Waals surface area contributed by atoms with E-state index in [1.807, 2.05) is 6.92 Å². The number of halogens is 1. The van der Waals surface area contributed by atoms with E-state index in [1.165, 1.54) is 18.2 Å². The quantitative estimate of drug-likeness (QED) is 0.616. The number of ether oxygens (including phenoxy) is 1. The Balaban J connectivity index is 2.27. The van der Waals surface area contributed by atoms with E-state index < -0.39 is 4.92 Å². The van der Waals surface area contributed by atoms with Gasteiger partial charge in [0.15, 0.2) is 0 Å². The molecule has 1 heterocycles. The Hall–Kier alpha value is -1.47. The SMILES string of the molecule is CC1CN(C(=O)c2cc([N+](=O)[O-])ccc2Br)CCO1. The van der Waals surface area contributed by atoms with Crippen LogP contribution in [-0.2, 0) is 4.74 Å². The highest BCUT2D eigenvalue weighted by Crippen LogP contribution is 2.24. The molecule has 1 aromatic rings. The van der Waals surface area contributed by atoms with Gasteiger partial charge in [0.05, 0.1) is 23.2 Å². The number of rotatable bonds is 2. The smallest absolute Gasteiger partial charge is 0.270 e. The van der Waals surface area contributed by atoms with Crippen LogP contribution in [-0.4, -0.2) is 41.5 Å². The van der Waals surface area contributed by atoms with Crippen molar-refractivity contribution in [2.24, 2.45) is 0 Å². The van der Waals surface area contributed by atoms with E-state index in [2.05, 4.69) is 15.9 Å². The van der Waals surface area contributed by atoms with Crippen molar-refractivity contribution >= 4 is 27.5 Å². The van der Waals surface area contributed by atoms with Gasteiger partial charge in [-0.05, 0) is 28.9 Å². The highest BCUT2D eigenvalue weighted by molar-refractivity contribution is 9.10. The Morgan fingerprint density at radius 3 is 2.95 bits per heavy atom. The lowest BCUT2D eigenvalue weighted by Crippen LogP contribution is -2.44. The maximum absolute atomic E-state index is 12.4. The molecule has 7 heteroatoms. The first-order valence-corrected chi connectivity index (χ1v) is 6.63. The zero-order valence-electron chi connectivity index (χ0n) is 10.3. The Labute approximate surface area is 118 Å². The van der Waals surface area contributed by atoms with Crippen LogP contribution in [0.3, 0.4) is 0 Å². The highest BCUT2D eigenvalue weighted by atomic mass is 79.9. The fourth-order valence-electron chi connectivity index (χ4n) is 1.96. The molecule has 1 amide bonds. The van der Waals surface area contributed by atoms with E-state index in [4.69, 9.17) is 4.74 Å². The van der Waals surface area contributed by atoms with Crippen molar-refractivity contribution < 1.29 is 14.5 Å². The summed E-state index contributed by atoms with van der Waals surface area (Å²) >= 11 is 3.26. The number of hydrogen-bond acceptors (Lipinski definition) is 4. The molecule has 0 spiro atoms. The van der Waals surface area contributed by atoms with Gasteiger partial charge in [-0.1, -0.05) is 0 Å². The molecule has 0 aromatic heterocycles. The lowest BCUT2D eigenvalue weighted by molar-refractivity contribution is -0.384. The van der Waals surface area contributed by atoms with Gasteiger partial charge in [-0.25, -0.2) is 0 Å². The van der Waals surface area contributed by atoms with Gasteiger partial charge >= 0.3 is 0 Å². The fraction of sp³-hybridized carbons (Fsp3) is 0.417. The summed E-state index contributed by atoms with van der Waals surface area (Å²) in [5.74, 6) is -0.217. The second kappa shape index (κ2) is 5.66. The molecule has 102 valence electrons. The number of nitro benzene ring substituents is 1. The van der Waals surface area contributed by atoms with Gasteiger partial charge in [-0.3, -0.25) is 14.9 Å². The molecule has 0 saturated carbocycles. The van der Waals surface area contributed by atoms with Crippen LogP contribution in [0.25, 0.3) is 0 Å². The standard InChI is InChI=1S/C12H13BrN2O4/c1-8-7-14(4-5-19-8)12(16)10-6-9(15(17)18)2-3-11(10)13/h2-3,6,8H,4-5,7H2,1H3. The Morgan fingerprint density at radius 1 is 1.58 bits per heavy atom. The van der Waals surface area contributed by atoms with Crippen LogP contribution in [0.1, 0.15) is 17.3 Å². The molecular weight excluding hydrogens is 316 g/mol. The predicted molar refractivity (Wildman–Crippen MR) is 72.1 cm³/mol. The summed E-state index contributed by atoms with van der Waals surface area (Å²) in [5, 5.41) is 10.8. The van der Waals surface area contributed by atoms with E-state index in [1.54, 1.807) is 4.90 Å². The van der Waals surface area contributed by atoms with Crippen LogP contribution >= 0.6 is 15.9 Å². The lowest BCUT2D eigenvalue weighted by atomic mass is 10.1. The van der Waals surface area contributed by atoms with E-state index in [9.17, 15) is 14.9 Å². The highest BCUT2D eigenvalue weighted by Gasteiger charge is 2.25. The van der Waals surface area contributed by atoms with Gasteiger partial charge in [0.25, 0.3) is 11.6 Å². The maximum Gasteiger partial charge on any atom is 0.270 e. The molecule has 0 radical (unpaired) electrons. The minimum Gasteiger partial charge on any atom is -0.375 e. The third-order valence-electron chi connectivity index (χ3n) is 2.92. The Bertz CT molecular complexity index is 520. The lowest BCUT2D eigenvalue weighted by Gasteiger charge is -2.31. The molecule has 0 N–H and O–H groups in total. The number of non-ortho nitro benzene ring substituents is 1. The van der Waals surface area contributed by atoms with Gasteiger partial charge in [0.2, 0.25) is 0 Å². The Morgan fingerprint density at radius 2 is 2.32 bits per heavy atom. The van der Waals surface area contributed by atoms with Crippen LogP contribution in [0, 0.1) is 10.1 Å². The van der Waals surface area contributed by atoms with Crippen molar-refractivity contribution in [3.05, 3.63) is 38.3 Å². The zero-order chi connectivity index (χ0) is 14.0. The summed E-state index contributed by atoms with van der Waals surface area (Å²) in [4.78, 5) is 24.3. The second-order valence-corrected chi connectivity index (χ2v) is 5.21. The van der Waals surface area contributed by atoms with Crippen molar-refractivity contribution in [1.29, 1.82) is 0 Å². The molecule has 1 aliphatic heterocycles. The van der Waals surface area contributed by atoms with E-state index in [-0.39, 0.29) is 17.7 Å². The molecule has 0 bridgehead atoms. The summed E-state index contributed by atoms with van der Waals surface area (Å²) in [5.41, 5.74) is 0.219. The maximum atomic E-state index is 12.4. The molecule has 2 rings (SSSR count). The van der Waals surface area contributed by atoms with Gasteiger partial charge < -0.3 is 9.64 Å². The topological polar surface area (TPSA) is 72.7 Å². The van der Waals surface area contributed by atoms with Crippen molar-refractivity contribution in [1.82, 2.24) is 4.90 Å². The summed E-state index contributed by atoms with van der Waals surface area (Å²) in [7, 11) is 0. The van der Waals surface area contributed by atoms with E-state index in [0.717, 1.165) is 0 Å². The number of nitrogens with zero attached hydrogens (tertiary/aromatic N) is 2. The van der Waals surface area contributed by atoms with Crippen LogP contribution in [0.2, 0.25) is 0 Å². The number of morpholine rings is 1. The molecule has 6 nitrogen and oxygen atoms in total. The van der Waals surface area contributed by atoms with Crippen LogP contribution in [0.5, 0.6) is 0 Å². The van der Waals surface area contributed by atoms with Gasteiger partial charge in [-0.15, -0.1) is 0 Å². The molecule has 0 aliphatic carbocycles. The largest absolute Gasteiger partial charge is 0.375 e. The third-order valence-corrected chi connectivity index (χ3v) is 3.61. The average Bonchev–Trinajstić information content (AvgIpc) is 2.38. The normalized spacial score (nSPS) is 19.3. The van der Waals surface area contributed by atoms with Crippen molar-refractivity contribution in [2.75, 3.05) is 19.7 Å². The van der Waals surface area contributed by atoms with Gasteiger partial charge in [-0.2, -0.15) is 0 Å². The molecule has 1 unspecified atom stereocenters. The molecule has 1 aromatic carbocycles. The molecule has 19 heavy (non-hydrogen) atoms. The molecule has 1 fully saturated rings. The number of hydrogen-bond donors (Lipinski definition) is 0. The minimum absolute atomic E-state index is 0.0184. The minimum atomic E-state index is -0.509. The fourth-order valence-corrected chi connectivity index (χ4v) is 2.38. The predicted octanol–water partition coefficient (Wildman–Crippen LogP) is 2.22. The van der Waals surface area contributed by atoms with Gasteiger partial charge in [0.1, 0.15) is 0 Å². The van der Waals surface area contributed by atoms with Crippen molar-refractivity contribution in [3.63, 3.8) is 0 Å². The van der Waals surface area contributed by atoms with E-state index in [0.29, 0.717) is 29.7 Å². The van der Waals surface area contributed by atoms with Crippen LogP contribution < -0.4 is 0 Å². The number of benzene rings is 1. The van der Waals surface area contributed by atoms with E-state index >= 15 is 0 Å².